The van der Waals surface area contributed by atoms with Crippen molar-refractivity contribution < 1.29 is 81.7 Å². The minimum absolute atomic E-state index is 0.00320. The van der Waals surface area contributed by atoms with E-state index in [0.717, 1.165) is 57.8 Å². The zero-order chi connectivity index (χ0) is 56.1. The van der Waals surface area contributed by atoms with Gasteiger partial charge in [0.05, 0.1) is 58.2 Å². The van der Waals surface area contributed by atoms with Crippen molar-refractivity contribution in [2.45, 2.75) is 239 Å². The van der Waals surface area contributed by atoms with E-state index in [2.05, 4.69) is 34.6 Å². The second-order valence-electron chi connectivity index (χ2n) is 23.2. The molecule has 2 N–H and O–H groups in total. The second-order valence-corrected chi connectivity index (χ2v) is 23.2. The highest BCUT2D eigenvalue weighted by atomic mass is 16.6. The fourth-order valence-corrected chi connectivity index (χ4v) is 13.6. The Morgan fingerprint density at radius 3 is 1.45 bits per heavy atom. The van der Waals surface area contributed by atoms with Gasteiger partial charge in [-0.1, -0.05) is 112 Å². The fourth-order valence-electron chi connectivity index (χ4n) is 13.6. The van der Waals surface area contributed by atoms with Crippen LogP contribution in [0.2, 0.25) is 0 Å². The van der Waals surface area contributed by atoms with Crippen molar-refractivity contribution in [2.24, 2.45) is 46.3 Å². The summed E-state index contributed by atoms with van der Waals surface area (Å²) in [7, 11) is 0. The van der Waals surface area contributed by atoms with E-state index in [1.165, 1.54) is 51.4 Å². The van der Waals surface area contributed by atoms with Crippen LogP contribution in [0.1, 0.15) is 221 Å². The van der Waals surface area contributed by atoms with Crippen LogP contribution in [0.4, 0.5) is 0 Å². The van der Waals surface area contributed by atoms with Crippen LogP contribution < -0.4 is 0 Å². The monoisotopic (exact) mass is 1090 g/mol. The highest BCUT2D eigenvalue weighted by molar-refractivity contribution is 5.78. The zero-order valence-electron chi connectivity index (χ0n) is 47.9. The zero-order valence-corrected chi connectivity index (χ0v) is 47.9. The molecule has 0 bridgehead atoms. The summed E-state index contributed by atoms with van der Waals surface area (Å²) in [6.07, 6.45) is 19.0. The van der Waals surface area contributed by atoms with Gasteiger partial charge in [-0.2, -0.15) is 0 Å². The summed E-state index contributed by atoms with van der Waals surface area (Å²) in [6, 6.07) is 0. The number of esters is 6. The topological polar surface area (TPSA) is 234 Å². The number of ether oxygens (including phenoxy) is 8. The lowest BCUT2D eigenvalue weighted by Crippen LogP contribution is -2.63. The summed E-state index contributed by atoms with van der Waals surface area (Å²) < 4.78 is 45.1. The average molecular weight is 1090 g/mol. The van der Waals surface area contributed by atoms with Crippen molar-refractivity contribution in [1.29, 1.82) is 0 Å². The highest BCUT2D eigenvalue weighted by Gasteiger charge is 2.67. The third kappa shape index (κ3) is 22.3. The van der Waals surface area contributed by atoms with E-state index in [-0.39, 0.29) is 138 Å². The molecule has 0 aromatic heterocycles. The molecule has 4 rings (SSSR count). The van der Waals surface area contributed by atoms with Crippen LogP contribution in [0.5, 0.6) is 0 Å². The minimum atomic E-state index is -0.880. The Morgan fingerprint density at radius 1 is 0.506 bits per heavy atom. The van der Waals surface area contributed by atoms with Crippen LogP contribution in [0.15, 0.2) is 0 Å². The predicted molar refractivity (Wildman–Crippen MR) is 287 cm³/mol. The van der Waals surface area contributed by atoms with E-state index in [1.807, 2.05) is 0 Å². The van der Waals surface area contributed by atoms with E-state index >= 15 is 0 Å². The van der Waals surface area contributed by atoms with Gasteiger partial charge in [0.1, 0.15) is 38.6 Å². The van der Waals surface area contributed by atoms with E-state index in [9.17, 15) is 43.8 Å². The van der Waals surface area contributed by atoms with E-state index in [1.54, 1.807) is 0 Å². The summed E-state index contributed by atoms with van der Waals surface area (Å²) in [6.45, 7) is 11.6. The Morgan fingerprint density at radius 2 is 0.961 bits per heavy atom. The maximum Gasteiger partial charge on any atom is 0.306 e. The van der Waals surface area contributed by atoms with Gasteiger partial charge in [0.15, 0.2) is 0 Å². The Labute approximate surface area is 460 Å². The number of unbranched alkanes of at least 4 members (excludes halogenated alkanes) is 12. The maximum atomic E-state index is 13.9. The Hall–Kier alpha value is -3.83. The quantitative estimate of drug-likeness (QED) is 0.0330. The minimum Gasteiger partial charge on any atom is -0.481 e. The van der Waals surface area contributed by atoms with Gasteiger partial charge in [0.25, 0.3) is 0 Å². The third-order valence-electron chi connectivity index (χ3n) is 17.8. The molecule has 4 fully saturated rings. The number of aliphatic hydroxyl groups is 1. The van der Waals surface area contributed by atoms with Crippen molar-refractivity contribution in [3.63, 3.8) is 0 Å². The van der Waals surface area contributed by atoms with E-state index < -0.39 is 53.6 Å². The summed E-state index contributed by atoms with van der Waals surface area (Å²) in [5, 5.41) is 20.6. The molecule has 4 aliphatic carbocycles. The molecule has 442 valence electrons. The van der Waals surface area contributed by atoms with Crippen molar-refractivity contribution in [3.05, 3.63) is 0 Å². The molecule has 17 nitrogen and oxygen atoms in total. The van der Waals surface area contributed by atoms with Crippen molar-refractivity contribution in [2.75, 3.05) is 52.9 Å². The number of carbonyl (C=O) groups is 7. The van der Waals surface area contributed by atoms with Gasteiger partial charge in [-0.25, -0.2) is 0 Å². The van der Waals surface area contributed by atoms with Gasteiger partial charge >= 0.3 is 41.8 Å². The van der Waals surface area contributed by atoms with Crippen LogP contribution in [-0.4, -0.2) is 123 Å². The van der Waals surface area contributed by atoms with Crippen LogP contribution in [-0.2, 0) is 71.5 Å². The number of carboxylic acid groups (broad SMARTS) is 1. The summed E-state index contributed by atoms with van der Waals surface area (Å²) in [5.41, 5.74) is -0.870. The van der Waals surface area contributed by atoms with Crippen molar-refractivity contribution in [1.82, 2.24) is 0 Å². The number of hydrogen-bond acceptors (Lipinski definition) is 16. The lowest BCUT2D eigenvalue weighted by molar-refractivity contribution is -0.225. The van der Waals surface area contributed by atoms with Gasteiger partial charge in [-0.15, -0.1) is 0 Å². The second kappa shape index (κ2) is 35.7. The van der Waals surface area contributed by atoms with Gasteiger partial charge in [0, 0.05) is 30.6 Å². The lowest BCUT2D eigenvalue weighted by atomic mass is 9.43. The molecule has 4 aliphatic rings. The third-order valence-corrected chi connectivity index (χ3v) is 17.8. The molecule has 0 radical (unpaired) electrons. The number of carbonyl (C=O) groups excluding carboxylic acids is 6. The largest absolute Gasteiger partial charge is 0.481 e. The molecule has 0 aliphatic heterocycles. The maximum absolute atomic E-state index is 13.9. The number of carboxylic acids is 1. The molecular weight excluding hydrogens is 993 g/mol. The normalized spacial score (nSPS) is 26.8. The Bertz CT molecular complexity index is 1790. The number of aliphatic hydroxyl groups excluding tert-OH is 1. The van der Waals surface area contributed by atoms with Crippen molar-refractivity contribution >= 4 is 41.8 Å². The van der Waals surface area contributed by atoms with Gasteiger partial charge < -0.3 is 48.1 Å². The molecule has 17 heteroatoms. The molecule has 0 spiro atoms. The molecule has 11 atom stereocenters. The standard InChI is InChI=1S/C60H100O17/c1-6-8-10-12-14-16-18-20-52(64)72-36-32-70-34-38-74-54(66)26-28-56(68)76-49-41-44-40-45(61)30-31-59(44,4)48-42-50(60(5)46(23-24-47(60)58(48)49)43(3)22-25-51(62)63)77-57(69)29-27-55(67)75-39-35-71-33-37-73-53(65)21-19-17-15-13-11-9-7-2/h43-50,58,61H,6-42H2,1-5H3,(H,62,63)/t43-,44+,45-,46-,47+,48+,49-,50+,58+,59+,60-/m1/s1. The Balaban J connectivity index is 1.28. The van der Waals surface area contributed by atoms with Gasteiger partial charge in [0.2, 0.25) is 0 Å². The molecule has 0 heterocycles. The molecule has 77 heavy (non-hydrogen) atoms. The molecule has 0 unspecified atom stereocenters. The van der Waals surface area contributed by atoms with E-state index in [4.69, 9.17) is 37.9 Å². The van der Waals surface area contributed by atoms with Crippen LogP contribution in [0.25, 0.3) is 0 Å². The number of rotatable bonds is 40. The SMILES string of the molecule is CCCCCCCCCC(=O)OCCOCCOC(=O)CCC(=O)O[C@H]1C[C@H]2[C@@H]([C@H](OC(=O)CCC(=O)OCCOCCOC(=O)CCCCCCCCC)C[C@@H]3C[C@H](O)CC[C@@]32C)[C@@H]2CC[C@H]([C@H](C)CCC(=O)O)[C@@]12C. The number of aliphatic carboxylic acids is 1. The summed E-state index contributed by atoms with van der Waals surface area (Å²) >= 11 is 0. The first-order valence-electron chi connectivity index (χ1n) is 30.1. The first-order chi connectivity index (χ1) is 37.0. The van der Waals surface area contributed by atoms with Gasteiger partial charge in [-0.3, -0.25) is 33.6 Å². The van der Waals surface area contributed by atoms with Crippen molar-refractivity contribution in [3.8, 4) is 0 Å². The fraction of sp³-hybridized carbons (Fsp3) is 0.883. The summed E-state index contributed by atoms with van der Waals surface area (Å²) in [4.78, 5) is 89.0. The van der Waals surface area contributed by atoms with Crippen LogP contribution in [0, 0.1) is 46.3 Å². The number of fused-ring (bicyclic) bond motifs is 5. The summed E-state index contributed by atoms with van der Waals surface area (Å²) in [5.74, 6) is -3.80. The first-order valence-corrected chi connectivity index (χ1v) is 30.1. The first kappa shape index (κ1) is 65.7. The van der Waals surface area contributed by atoms with Crippen LogP contribution in [0.3, 0.4) is 0 Å². The smallest absolute Gasteiger partial charge is 0.306 e. The predicted octanol–water partition coefficient (Wildman–Crippen LogP) is 10.6. The molecular formula is C60H100O17. The molecule has 0 saturated heterocycles. The average Bonchev–Trinajstić information content (AvgIpc) is 4.00. The molecule has 0 aromatic rings. The van der Waals surface area contributed by atoms with E-state index in [0.29, 0.717) is 44.9 Å². The molecule has 4 saturated carbocycles. The number of hydrogen-bond donors (Lipinski definition) is 2. The van der Waals surface area contributed by atoms with Crippen LogP contribution >= 0.6 is 0 Å². The molecule has 0 aromatic carbocycles. The Kier molecular flexibility index (Phi) is 30.5. The lowest BCUT2D eigenvalue weighted by Gasteiger charge is -2.64. The highest BCUT2D eigenvalue weighted by Crippen LogP contribution is 2.69. The molecule has 0 amide bonds. The van der Waals surface area contributed by atoms with Gasteiger partial charge in [-0.05, 0) is 99.2 Å².